The highest BCUT2D eigenvalue weighted by atomic mass is 16.2. The van der Waals surface area contributed by atoms with Crippen molar-refractivity contribution in [1.29, 1.82) is 0 Å². The lowest BCUT2D eigenvalue weighted by molar-refractivity contribution is -0.122. The number of H-pyrrole nitrogens is 1. The lowest BCUT2D eigenvalue weighted by Crippen LogP contribution is -2.52. The second-order valence-electron chi connectivity index (χ2n) is 5.69. The Hall–Kier alpha value is -2.14. The average Bonchev–Trinajstić information content (AvgIpc) is 3.03. The molecule has 5 nitrogen and oxygen atoms in total. The van der Waals surface area contributed by atoms with Gasteiger partial charge in [-0.15, -0.1) is 0 Å². The minimum Gasteiger partial charge on any atom is -0.345 e. The summed E-state index contributed by atoms with van der Waals surface area (Å²) in [5.74, 6) is 0.739. The minimum atomic E-state index is -0.710. The Balaban J connectivity index is 1.69. The van der Waals surface area contributed by atoms with E-state index in [1.54, 1.807) is 12.4 Å². The molecule has 110 valence electrons. The Kier molecular flexibility index (Phi) is 3.75. The zero-order valence-corrected chi connectivity index (χ0v) is 11.9. The van der Waals surface area contributed by atoms with Crippen LogP contribution in [0.1, 0.15) is 32.1 Å². The summed E-state index contributed by atoms with van der Waals surface area (Å²) in [6.07, 6.45) is 8.26. The molecular formula is C16H20N4O. The molecule has 1 aromatic carbocycles. The monoisotopic (exact) mass is 284 g/mol. The van der Waals surface area contributed by atoms with Crippen LogP contribution in [0.15, 0.2) is 36.7 Å². The first-order valence-corrected chi connectivity index (χ1v) is 7.38. The van der Waals surface area contributed by atoms with Crippen LogP contribution in [0.3, 0.4) is 0 Å². The van der Waals surface area contributed by atoms with E-state index < -0.39 is 5.54 Å². The molecule has 0 spiro atoms. The van der Waals surface area contributed by atoms with E-state index in [9.17, 15) is 4.79 Å². The van der Waals surface area contributed by atoms with Gasteiger partial charge >= 0.3 is 0 Å². The molecule has 5 heteroatoms. The maximum absolute atomic E-state index is 12.3. The molecule has 1 aliphatic carbocycles. The largest absolute Gasteiger partial charge is 0.345 e. The van der Waals surface area contributed by atoms with Crippen molar-refractivity contribution in [1.82, 2.24) is 9.97 Å². The van der Waals surface area contributed by atoms with Crippen LogP contribution in [0.5, 0.6) is 0 Å². The second kappa shape index (κ2) is 5.69. The zero-order chi connectivity index (χ0) is 14.7. The number of amides is 1. The molecule has 0 radical (unpaired) electrons. The smallest absolute Gasteiger partial charge is 0.244 e. The number of hydrogen-bond acceptors (Lipinski definition) is 3. The highest BCUT2D eigenvalue weighted by molar-refractivity contribution is 5.98. The van der Waals surface area contributed by atoms with Crippen molar-refractivity contribution in [3.8, 4) is 11.4 Å². The van der Waals surface area contributed by atoms with Gasteiger partial charge in [0.1, 0.15) is 5.82 Å². The quantitative estimate of drug-likeness (QED) is 0.810. The van der Waals surface area contributed by atoms with Gasteiger partial charge in [-0.25, -0.2) is 4.98 Å². The van der Waals surface area contributed by atoms with Gasteiger partial charge in [0.25, 0.3) is 0 Å². The number of aromatic nitrogens is 2. The molecule has 21 heavy (non-hydrogen) atoms. The SMILES string of the molecule is NC1(C(=O)Nc2ccc(-c3ncc[nH]3)cc2)CCCCC1. The third-order valence-electron chi connectivity index (χ3n) is 4.11. The number of carbonyl (C=O) groups is 1. The van der Waals surface area contributed by atoms with E-state index >= 15 is 0 Å². The molecule has 0 bridgehead atoms. The molecule has 0 atom stereocenters. The first kappa shape index (κ1) is 13.8. The van der Waals surface area contributed by atoms with Crippen molar-refractivity contribution in [2.24, 2.45) is 5.73 Å². The van der Waals surface area contributed by atoms with Crippen molar-refractivity contribution in [3.63, 3.8) is 0 Å². The molecule has 1 aromatic heterocycles. The molecule has 1 fully saturated rings. The van der Waals surface area contributed by atoms with E-state index in [4.69, 9.17) is 5.73 Å². The number of aromatic amines is 1. The summed E-state index contributed by atoms with van der Waals surface area (Å²) in [5, 5.41) is 2.93. The lowest BCUT2D eigenvalue weighted by Gasteiger charge is -2.31. The van der Waals surface area contributed by atoms with Gasteiger partial charge in [0.15, 0.2) is 0 Å². The Morgan fingerprint density at radius 3 is 2.52 bits per heavy atom. The number of imidazole rings is 1. The third-order valence-corrected chi connectivity index (χ3v) is 4.11. The first-order chi connectivity index (χ1) is 10.2. The molecule has 0 aliphatic heterocycles. The highest BCUT2D eigenvalue weighted by Crippen LogP contribution is 2.27. The van der Waals surface area contributed by atoms with Crippen LogP contribution < -0.4 is 11.1 Å². The number of rotatable bonds is 3. The summed E-state index contributed by atoms with van der Waals surface area (Å²) in [5.41, 5.74) is 7.27. The average molecular weight is 284 g/mol. The molecule has 1 saturated carbocycles. The van der Waals surface area contributed by atoms with Crippen molar-refractivity contribution in [2.45, 2.75) is 37.6 Å². The Morgan fingerprint density at radius 1 is 1.19 bits per heavy atom. The van der Waals surface area contributed by atoms with Crippen molar-refractivity contribution >= 4 is 11.6 Å². The number of nitrogens with two attached hydrogens (primary N) is 1. The van der Waals surface area contributed by atoms with E-state index in [0.717, 1.165) is 42.8 Å². The topological polar surface area (TPSA) is 83.8 Å². The third kappa shape index (κ3) is 2.97. The predicted octanol–water partition coefficient (Wildman–Crippen LogP) is 2.68. The molecule has 1 heterocycles. The molecule has 3 rings (SSSR count). The Bertz CT molecular complexity index is 598. The summed E-state index contributed by atoms with van der Waals surface area (Å²) >= 11 is 0. The van der Waals surface area contributed by atoms with Crippen LogP contribution in [0.4, 0.5) is 5.69 Å². The second-order valence-corrected chi connectivity index (χ2v) is 5.69. The van der Waals surface area contributed by atoms with E-state index in [1.807, 2.05) is 24.3 Å². The van der Waals surface area contributed by atoms with Gasteiger partial charge in [0.05, 0.1) is 5.54 Å². The number of anilines is 1. The number of hydrogen-bond donors (Lipinski definition) is 3. The van der Waals surface area contributed by atoms with Crippen molar-refractivity contribution in [2.75, 3.05) is 5.32 Å². The number of nitrogens with one attached hydrogen (secondary N) is 2. The number of nitrogens with zero attached hydrogens (tertiary/aromatic N) is 1. The molecule has 0 unspecified atom stereocenters. The van der Waals surface area contributed by atoms with Gasteiger partial charge in [-0.05, 0) is 37.1 Å². The zero-order valence-electron chi connectivity index (χ0n) is 11.9. The van der Waals surface area contributed by atoms with Crippen LogP contribution in [0.25, 0.3) is 11.4 Å². The van der Waals surface area contributed by atoms with E-state index in [0.29, 0.717) is 0 Å². The molecule has 0 saturated heterocycles. The fourth-order valence-corrected chi connectivity index (χ4v) is 2.80. The molecule has 4 N–H and O–H groups in total. The maximum Gasteiger partial charge on any atom is 0.244 e. The maximum atomic E-state index is 12.3. The molecule has 1 amide bonds. The fourth-order valence-electron chi connectivity index (χ4n) is 2.80. The first-order valence-electron chi connectivity index (χ1n) is 7.38. The van der Waals surface area contributed by atoms with Crippen LogP contribution in [-0.2, 0) is 4.79 Å². The number of carbonyl (C=O) groups excluding carboxylic acids is 1. The summed E-state index contributed by atoms with van der Waals surface area (Å²) in [6.45, 7) is 0. The van der Waals surface area contributed by atoms with E-state index in [1.165, 1.54) is 6.42 Å². The highest BCUT2D eigenvalue weighted by Gasteiger charge is 2.35. The van der Waals surface area contributed by atoms with Gasteiger partial charge in [-0.1, -0.05) is 19.3 Å². The summed E-state index contributed by atoms with van der Waals surface area (Å²) in [4.78, 5) is 19.6. The normalized spacial score (nSPS) is 17.4. The van der Waals surface area contributed by atoms with Gasteiger partial charge in [0.2, 0.25) is 5.91 Å². The van der Waals surface area contributed by atoms with E-state index in [2.05, 4.69) is 15.3 Å². The van der Waals surface area contributed by atoms with Gasteiger partial charge in [0, 0.05) is 23.6 Å². The summed E-state index contributed by atoms with van der Waals surface area (Å²) in [6, 6.07) is 7.61. The van der Waals surface area contributed by atoms with E-state index in [-0.39, 0.29) is 5.91 Å². The Labute approximate surface area is 124 Å². The molecule has 1 aliphatic rings. The fraction of sp³-hybridized carbons (Fsp3) is 0.375. The van der Waals surface area contributed by atoms with Crippen molar-refractivity contribution in [3.05, 3.63) is 36.7 Å². The summed E-state index contributed by atoms with van der Waals surface area (Å²) in [7, 11) is 0. The predicted molar refractivity (Wildman–Crippen MR) is 82.7 cm³/mol. The van der Waals surface area contributed by atoms with Crippen LogP contribution in [-0.4, -0.2) is 21.4 Å². The minimum absolute atomic E-state index is 0.0760. The molecular weight excluding hydrogens is 264 g/mol. The van der Waals surface area contributed by atoms with Crippen molar-refractivity contribution < 1.29 is 4.79 Å². The van der Waals surface area contributed by atoms with Gasteiger partial charge < -0.3 is 16.0 Å². The standard InChI is InChI=1S/C16H20N4O/c17-16(8-2-1-3-9-16)15(21)20-13-6-4-12(5-7-13)14-18-10-11-19-14/h4-7,10-11H,1-3,8-9,17H2,(H,18,19)(H,20,21). The number of benzene rings is 1. The van der Waals surface area contributed by atoms with Crippen LogP contribution in [0, 0.1) is 0 Å². The van der Waals surface area contributed by atoms with Crippen LogP contribution >= 0.6 is 0 Å². The van der Waals surface area contributed by atoms with Gasteiger partial charge in [-0.2, -0.15) is 0 Å². The van der Waals surface area contributed by atoms with Gasteiger partial charge in [-0.3, -0.25) is 4.79 Å². The van der Waals surface area contributed by atoms with Crippen LogP contribution in [0.2, 0.25) is 0 Å². The lowest BCUT2D eigenvalue weighted by atomic mass is 9.82. The summed E-state index contributed by atoms with van der Waals surface area (Å²) < 4.78 is 0. The molecule has 2 aromatic rings. The Morgan fingerprint density at radius 2 is 1.90 bits per heavy atom.